The molecule has 0 unspecified atom stereocenters. The minimum absolute atomic E-state index is 0.0266. The molecule has 1 amide bonds. The highest BCUT2D eigenvalue weighted by Crippen LogP contribution is 2.33. The number of aromatic hydroxyl groups is 1. The van der Waals surface area contributed by atoms with Gasteiger partial charge in [-0.2, -0.15) is 0 Å². The standard InChI is InChI=1S/C17H20N2O3/c20-15-5-3-14(4-6-15)18-16(21)13-17(7-11-22-12-8-17)19-9-1-2-10-19/h1-6,9-10,20H,7-8,11-13H2,(H,18,21). The van der Waals surface area contributed by atoms with Crippen molar-refractivity contribution in [1.29, 1.82) is 0 Å². The summed E-state index contributed by atoms with van der Waals surface area (Å²) in [4.78, 5) is 12.4. The molecule has 22 heavy (non-hydrogen) atoms. The maximum absolute atomic E-state index is 12.4. The number of aromatic nitrogens is 1. The van der Waals surface area contributed by atoms with E-state index in [2.05, 4.69) is 9.88 Å². The Morgan fingerprint density at radius 3 is 2.45 bits per heavy atom. The Kier molecular flexibility index (Phi) is 4.15. The molecule has 116 valence electrons. The largest absolute Gasteiger partial charge is 0.508 e. The van der Waals surface area contributed by atoms with Crippen LogP contribution in [0.4, 0.5) is 5.69 Å². The zero-order valence-corrected chi connectivity index (χ0v) is 12.4. The van der Waals surface area contributed by atoms with Crippen molar-refractivity contribution in [1.82, 2.24) is 4.57 Å². The van der Waals surface area contributed by atoms with Crippen LogP contribution in [0.5, 0.6) is 5.75 Å². The fraction of sp³-hybridized carbons (Fsp3) is 0.353. The molecule has 1 saturated heterocycles. The SMILES string of the molecule is O=C(CC1(n2cccc2)CCOCC1)Nc1ccc(O)cc1. The fourth-order valence-corrected chi connectivity index (χ4v) is 2.98. The highest BCUT2D eigenvalue weighted by Gasteiger charge is 2.36. The lowest BCUT2D eigenvalue weighted by molar-refractivity contribution is -0.119. The minimum atomic E-state index is -0.219. The summed E-state index contributed by atoms with van der Waals surface area (Å²) in [7, 11) is 0. The van der Waals surface area contributed by atoms with E-state index in [9.17, 15) is 9.90 Å². The van der Waals surface area contributed by atoms with E-state index < -0.39 is 0 Å². The molecule has 5 heteroatoms. The lowest BCUT2D eigenvalue weighted by atomic mass is 9.86. The van der Waals surface area contributed by atoms with Gasteiger partial charge in [0.15, 0.2) is 0 Å². The molecule has 0 radical (unpaired) electrons. The number of rotatable bonds is 4. The Labute approximate surface area is 129 Å². The summed E-state index contributed by atoms with van der Waals surface area (Å²) in [6, 6.07) is 10.5. The van der Waals surface area contributed by atoms with Crippen LogP contribution >= 0.6 is 0 Å². The molecule has 1 aliphatic heterocycles. The summed E-state index contributed by atoms with van der Waals surface area (Å²) >= 11 is 0. The molecule has 2 aromatic rings. The highest BCUT2D eigenvalue weighted by atomic mass is 16.5. The summed E-state index contributed by atoms with van der Waals surface area (Å²) in [5.74, 6) is 0.160. The van der Waals surface area contributed by atoms with Crippen molar-refractivity contribution in [2.75, 3.05) is 18.5 Å². The second-order valence-electron chi connectivity index (χ2n) is 5.70. The number of phenols is 1. The van der Waals surface area contributed by atoms with Gasteiger partial charge in [0.2, 0.25) is 5.91 Å². The Morgan fingerprint density at radius 1 is 1.18 bits per heavy atom. The molecule has 3 rings (SSSR count). The molecule has 2 N–H and O–H groups in total. The molecule has 0 bridgehead atoms. The van der Waals surface area contributed by atoms with Crippen molar-refractivity contribution < 1.29 is 14.6 Å². The van der Waals surface area contributed by atoms with Crippen LogP contribution in [0.15, 0.2) is 48.8 Å². The molecule has 1 aromatic carbocycles. The highest BCUT2D eigenvalue weighted by molar-refractivity contribution is 5.91. The molecule has 0 spiro atoms. The molecular formula is C17H20N2O3. The van der Waals surface area contributed by atoms with Crippen molar-refractivity contribution in [3.8, 4) is 5.75 Å². The van der Waals surface area contributed by atoms with E-state index in [0.29, 0.717) is 25.3 Å². The van der Waals surface area contributed by atoms with Crippen molar-refractivity contribution in [2.45, 2.75) is 24.8 Å². The van der Waals surface area contributed by atoms with Crippen molar-refractivity contribution in [3.63, 3.8) is 0 Å². The van der Waals surface area contributed by atoms with Crippen LogP contribution < -0.4 is 5.32 Å². The van der Waals surface area contributed by atoms with Crippen molar-refractivity contribution in [3.05, 3.63) is 48.8 Å². The summed E-state index contributed by atoms with van der Waals surface area (Å²) in [5, 5.41) is 12.2. The molecule has 0 aliphatic carbocycles. The quantitative estimate of drug-likeness (QED) is 0.853. The topological polar surface area (TPSA) is 63.5 Å². The number of ether oxygens (including phenoxy) is 1. The lowest BCUT2D eigenvalue weighted by Crippen LogP contribution is -2.42. The third kappa shape index (κ3) is 3.14. The first-order valence-corrected chi connectivity index (χ1v) is 7.48. The normalized spacial score (nSPS) is 17.1. The Balaban J connectivity index is 1.73. The second kappa shape index (κ2) is 6.23. The Hall–Kier alpha value is -2.27. The summed E-state index contributed by atoms with van der Waals surface area (Å²) in [6.45, 7) is 1.34. The second-order valence-corrected chi connectivity index (χ2v) is 5.70. The third-order valence-corrected chi connectivity index (χ3v) is 4.22. The summed E-state index contributed by atoms with van der Waals surface area (Å²) in [5.41, 5.74) is 0.473. The first-order valence-electron chi connectivity index (χ1n) is 7.48. The molecule has 5 nitrogen and oxygen atoms in total. The summed E-state index contributed by atoms with van der Waals surface area (Å²) < 4.78 is 7.59. The monoisotopic (exact) mass is 300 g/mol. The van der Waals surface area contributed by atoms with Gasteiger partial charge in [-0.3, -0.25) is 4.79 Å². The zero-order chi connectivity index (χ0) is 15.4. The molecule has 1 aliphatic rings. The van der Waals surface area contributed by atoms with Crippen LogP contribution in [0.1, 0.15) is 19.3 Å². The van der Waals surface area contributed by atoms with Crippen LogP contribution in [0.25, 0.3) is 0 Å². The number of benzene rings is 1. The van der Waals surface area contributed by atoms with Gasteiger partial charge < -0.3 is 19.7 Å². The maximum atomic E-state index is 12.4. The van der Waals surface area contributed by atoms with Gasteiger partial charge in [0, 0.05) is 31.3 Å². The average Bonchev–Trinajstić information content (AvgIpc) is 3.05. The zero-order valence-electron chi connectivity index (χ0n) is 12.4. The smallest absolute Gasteiger partial charge is 0.226 e. The van der Waals surface area contributed by atoms with Crippen LogP contribution in [0.3, 0.4) is 0 Å². The van der Waals surface area contributed by atoms with Crippen LogP contribution in [-0.4, -0.2) is 28.8 Å². The van der Waals surface area contributed by atoms with Gasteiger partial charge in [-0.1, -0.05) is 0 Å². The van der Waals surface area contributed by atoms with E-state index in [1.165, 1.54) is 0 Å². The summed E-state index contributed by atoms with van der Waals surface area (Å²) in [6.07, 6.45) is 6.08. The lowest BCUT2D eigenvalue weighted by Gasteiger charge is -2.38. The van der Waals surface area contributed by atoms with Gasteiger partial charge in [0.05, 0.1) is 12.0 Å². The molecule has 0 saturated carbocycles. The molecular weight excluding hydrogens is 280 g/mol. The molecule has 0 atom stereocenters. The van der Waals surface area contributed by atoms with E-state index in [1.54, 1.807) is 24.3 Å². The number of carbonyl (C=O) groups excluding carboxylic acids is 1. The number of nitrogens with zero attached hydrogens (tertiary/aromatic N) is 1. The van der Waals surface area contributed by atoms with Gasteiger partial charge in [0.1, 0.15) is 5.75 Å². The predicted octanol–water partition coefficient (Wildman–Crippen LogP) is 2.73. The van der Waals surface area contributed by atoms with E-state index in [0.717, 1.165) is 12.8 Å². The number of hydrogen-bond acceptors (Lipinski definition) is 3. The number of anilines is 1. The van der Waals surface area contributed by atoms with E-state index >= 15 is 0 Å². The van der Waals surface area contributed by atoms with Gasteiger partial charge in [-0.25, -0.2) is 0 Å². The van der Waals surface area contributed by atoms with Gasteiger partial charge in [-0.05, 0) is 49.2 Å². The van der Waals surface area contributed by atoms with Crippen LogP contribution in [0.2, 0.25) is 0 Å². The maximum Gasteiger partial charge on any atom is 0.226 e. The van der Waals surface area contributed by atoms with Crippen LogP contribution in [0, 0.1) is 0 Å². The molecule has 2 heterocycles. The first kappa shape index (κ1) is 14.7. The molecule has 1 fully saturated rings. The number of carbonyl (C=O) groups is 1. The van der Waals surface area contributed by atoms with Crippen LogP contribution in [-0.2, 0) is 15.1 Å². The van der Waals surface area contributed by atoms with E-state index in [4.69, 9.17) is 4.74 Å². The third-order valence-electron chi connectivity index (χ3n) is 4.22. The van der Waals surface area contributed by atoms with E-state index in [1.807, 2.05) is 24.5 Å². The minimum Gasteiger partial charge on any atom is -0.508 e. The first-order chi connectivity index (χ1) is 10.7. The number of nitrogens with one attached hydrogen (secondary N) is 1. The van der Waals surface area contributed by atoms with Gasteiger partial charge >= 0.3 is 0 Å². The van der Waals surface area contributed by atoms with Crippen molar-refractivity contribution >= 4 is 11.6 Å². The predicted molar refractivity (Wildman–Crippen MR) is 83.8 cm³/mol. The fourth-order valence-electron chi connectivity index (χ4n) is 2.98. The number of hydrogen-bond donors (Lipinski definition) is 2. The van der Waals surface area contributed by atoms with Gasteiger partial charge in [0.25, 0.3) is 0 Å². The van der Waals surface area contributed by atoms with Crippen molar-refractivity contribution in [2.24, 2.45) is 0 Å². The molecule has 1 aromatic heterocycles. The Bertz CT molecular complexity index is 614. The Morgan fingerprint density at radius 2 is 1.82 bits per heavy atom. The van der Waals surface area contributed by atoms with Gasteiger partial charge in [-0.15, -0.1) is 0 Å². The number of phenolic OH excluding ortho intramolecular Hbond substituents is 1. The number of amides is 1. The average molecular weight is 300 g/mol. The van der Waals surface area contributed by atoms with E-state index in [-0.39, 0.29) is 17.2 Å².